The largest absolute Gasteiger partial charge is 0.356 e. The van der Waals surface area contributed by atoms with Crippen LogP contribution >= 0.6 is 22.6 Å². The van der Waals surface area contributed by atoms with Gasteiger partial charge < -0.3 is 9.47 Å². The highest BCUT2D eigenvalue weighted by atomic mass is 127. The van der Waals surface area contributed by atoms with E-state index in [1.54, 1.807) is 14.2 Å². The zero-order valence-corrected chi connectivity index (χ0v) is 13.4. The van der Waals surface area contributed by atoms with Crippen LogP contribution in [0.2, 0.25) is 0 Å². The minimum Gasteiger partial charge on any atom is -0.356 e. The number of alkyl halides is 1. The molecule has 102 valence electrons. The molecule has 0 aliphatic rings. The minimum absolute atomic E-state index is 0.00814. The Morgan fingerprint density at radius 3 is 2.12 bits per heavy atom. The maximum Gasteiger partial charge on any atom is 0.156 e. The molecular formula is C14H27IO2. The van der Waals surface area contributed by atoms with Gasteiger partial charge >= 0.3 is 0 Å². The molecule has 0 fully saturated rings. The number of ether oxygens (including phenoxy) is 2. The Labute approximate surface area is 120 Å². The molecule has 0 aromatic rings. The third-order valence-corrected chi connectivity index (χ3v) is 3.40. The summed E-state index contributed by atoms with van der Waals surface area (Å²) in [6.45, 7) is 0. The molecular weight excluding hydrogens is 327 g/mol. The summed E-state index contributed by atoms with van der Waals surface area (Å²) in [4.78, 5) is 0. The quantitative estimate of drug-likeness (QED) is 0.166. The molecule has 2 nitrogen and oxygen atoms in total. The second-order valence-electron chi connectivity index (χ2n) is 4.20. The highest BCUT2D eigenvalue weighted by Gasteiger charge is 2.03. The Balaban J connectivity index is 3.13. The third kappa shape index (κ3) is 12.6. The molecule has 0 aromatic carbocycles. The summed E-state index contributed by atoms with van der Waals surface area (Å²) in [7, 11) is 3.41. The van der Waals surface area contributed by atoms with E-state index in [1.165, 1.54) is 49.4 Å². The van der Waals surface area contributed by atoms with E-state index in [0.29, 0.717) is 0 Å². The number of rotatable bonds is 12. The van der Waals surface area contributed by atoms with E-state index in [2.05, 4.69) is 34.7 Å². The molecule has 0 saturated heterocycles. The first-order valence-electron chi connectivity index (χ1n) is 6.61. The minimum atomic E-state index is -0.00814. The van der Waals surface area contributed by atoms with Crippen molar-refractivity contribution < 1.29 is 9.47 Å². The molecule has 0 saturated carbocycles. The van der Waals surface area contributed by atoms with Gasteiger partial charge in [0.1, 0.15) is 0 Å². The van der Waals surface area contributed by atoms with Crippen molar-refractivity contribution in [3.63, 3.8) is 0 Å². The van der Waals surface area contributed by atoms with Gasteiger partial charge in [0.25, 0.3) is 0 Å². The summed E-state index contributed by atoms with van der Waals surface area (Å²) in [6, 6.07) is 0. The van der Waals surface area contributed by atoms with E-state index < -0.39 is 0 Å². The average Bonchev–Trinajstić information content (AvgIpc) is 2.36. The fourth-order valence-corrected chi connectivity index (χ4v) is 2.09. The molecule has 0 atom stereocenters. The first-order valence-corrected chi connectivity index (χ1v) is 8.14. The van der Waals surface area contributed by atoms with Crippen LogP contribution in [0.5, 0.6) is 0 Å². The summed E-state index contributed by atoms with van der Waals surface area (Å²) >= 11 is 2.41. The van der Waals surface area contributed by atoms with Gasteiger partial charge in [-0.25, -0.2) is 0 Å². The number of hydrogen-bond donors (Lipinski definition) is 0. The Bertz CT molecular complexity index is 168. The highest BCUT2D eigenvalue weighted by molar-refractivity contribution is 14.1. The summed E-state index contributed by atoms with van der Waals surface area (Å²) in [5.41, 5.74) is 0. The molecule has 0 aliphatic heterocycles. The van der Waals surface area contributed by atoms with Gasteiger partial charge in [-0.05, 0) is 32.1 Å². The topological polar surface area (TPSA) is 18.5 Å². The predicted octanol–water partition coefficient (Wildman–Crippen LogP) is 4.72. The van der Waals surface area contributed by atoms with Gasteiger partial charge in [-0.15, -0.1) is 0 Å². The lowest BCUT2D eigenvalue weighted by Gasteiger charge is -2.12. The maximum atomic E-state index is 5.15. The number of methoxy groups -OCH3 is 2. The first-order chi connectivity index (χ1) is 8.35. The Morgan fingerprint density at radius 2 is 1.47 bits per heavy atom. The van der Waals surface area contributed by atoms with Crippen LogP contribution in [-0.4, -0.2) is 24.9 Å². The monoisotopic (exact) mass is 354 g/mol. The van der Waals surface area contributed by atoms with Crippen LogP contribution in [0.1, 0.15) is 51.4 Å². The van der Waals surface area contributed by atoms with Crippen molar-refractivity contribution >= 4 is 22.6 Å². The van der Waals surface area contributed by atoms with E-state index in [0.717, 1.165) is 6.42 Å². The van der Waals surface area contributed by atoms with Gasteiger partial charge in [-0.3, -0.25) is 0 Å². The fraction of sp³-hybridized carbons (Fsp3) is 0.857. The van der Waals surface area contributed by atoms with Gasteiger partial charge in [0.15, 0.2) is 6.29 Å². The lowest BCUT2D eigenvalue weighted by atomic mass is 10.1. The number of allylic oxidation sites excluding steroid dienone is 2. The molecule has 17 heavy (non-hydrogen) atoms. The highest BCUT2D eigenvalue weighted by Crippen LogP contribution is 2.10. The second kappa shape index (κ2) is 14.5. The van der Waals surface area contributed by atoms with E-state index in [4.69, 9.17) is 9.47 Å². The van der Waals surface area contributed by atoms with Crippen LogP contribution in [0.4, 0.5) is 0 Å². The molecule has 0 heterocycles. The maximum absolute atomic E-state index is 5.15. The summed E-state index contributed by atoms with van der Waals surface area (Å²) < 4.78 is 11.5. The standard InChI is InChI=1S/C14H27IO2/c1-16-14(17-2)12-10-8-6-4-3-5-7-9-11-13-15/h7,9,14H,3-6,8,10-13H2,1-2H3/b9-7+. The Hall–Kier alpha value is 0.390. The van der Waals surface area contributed by atoms with Crippen LogP contribution in [0.3, 0.4) is 0 Å². The molecule has 0 amide bonds. The van der Waals surface area contributed by atoms with Crippen LogP contribution in [0, 0.1) is 0 Å². The molecule has 0 rings (SSSR count). The molecule has 0 unspecified atom stereocenters. The van der Waals surface area contributed by atoms with Crippen molar-refractivity contribution in [2.75, 3.05) is 18.6 Å². The van der Waals surface area contributed by atoms with Crippen LogP contribution in [-0.2, 0) is 9.47 Å². The van der Waals surface area contributed by atoms with Gasteiger partial charge in [0.2, 0.25) is 0 Å². The van der Waals surface area contributed by atoms with Gasteiger partial charge in [0.05, 0.1) is 0 Å². The van der Waals surface area contributed by atoms with Gasteiger partial charge in [-0.1, -0.05) is 54.0 Å². The van der Waals surface area contributed by atoms with Crippen molar-refractivity contribution in [1.29, 1.82) is 0 Å². The summed E-state index contributed by atoms with van der Waals surface area (Å²) in [6.07, 6.45) is 14.6. The lowest BCUT2D eigenvalue weighted by molar-refractivity contribution is -0.107. The molecule has 0 spiro atoms. The summed E-state index contributed by atoms with van der Waals surface area (Å²) in [5.74, 6) is 0. The predicted molar refractivity (Wildman–Crippen MR) is 82.8 cm³/mol. The van der Waals surface area contributed by atoms with E-state index in [9.17, 15) is 0 Å². The van der Waals surface area contributed by atoms with Crippen LogP contribution in [0.25, 0.3) is 0 Å². The second-order valence-corrected chi connectivity index (χ2v) is 5.27. The lowest BCUT2D eigenvalue weighted by Crippen LogP contribution is -2.12. The normalized spacial score (nSPS) is 11.8. The Morgan fingerprint density at radius 1 is 0.882 bits per heavy atom. The van der Waals surface area contributed by atoms with Crippen molar-refractivity contribution in [2.24, 2.45) is 0 Å². The molecule has 0 bridgehead atoms. The van der Waals surface area contributed by atoms with Crippen molar-refractivity contribution in [3.05, 3.63) is 12.2 Å². The first kappa shape index (κ1) is 17.4. The zero-order chi connectivity index (χ0) is 12.8. The zero-order valence-electron chi connectivity index (χ0n) is 11.3. The van der Waals surface area contributed by atoms with Crippen molar-refractivity contribution in [1.82, 2.24) is 0 Å². The number of unbranched alkanes of at least 4 members (excludes halogenated alkanes) is 5. The van der Waals surface area contributed by atoms with E-state index in [1.807, 2.05) is 0 Å². The average molecular weight is 354 g/mol. The molecule has 0 aromatic heterocycles. The Kier molecular flexibility index (Phi) is 14.8. The number of halogens is 1. The molecule has 0 aliphatic carbocycles. The van der Waals surface area contributed by atoms with Crippen molar-refractivity contribution in [3.8, 4) is 0 Å². The molecule has 0 radical (unpaired) electrons. The fourth-order valence-electron chi connectivity index (χ4n) is 1.73. The third-order valence-electron chi connectivity index (χ3n) is 2.78. The smallest absolute Gasteiger partial charge is 0.156 e. The van der Waals surface area contributed by atoms with Crippen LogP contribution in [0.15, 0.2) is 12.2 Å². The van der Waals surface area contributed by atoms with Gasteiger partial charge in [0, 0.05) is 18.6 Å². The van der Waals surface area contributed by atoms with Crippen molar-refractivity contribution in [2.45, 2.75) is 57.7 Å². The summed E-state index contributed by atoms with van der Waals surface area (Å²) in [5, 5.41) is 0. The molecule has 0 N–H and O–H groups in total. The SMILES string of the molecule is COC(CCCCCCC/C=C/CCI)OC. The van der Waals surface area contributed by atoms with Gasteiger partial charge in [-0.2, -0.15) is 0 Å². The molecule has 3 heteroatoms. The van der Waals surface area contributed by atoms with E-state index >= 15 is 0 Å². The van der Waals surface area contributed by atoms with Crippen LogP contribution < -0.4 is 0 Å². The van der Waals surface area contributed by atoms with E-state index in [-0.39, 0.29) is 6.29 Å². The number of hydrogen-bond acceptors (Lipinski definition) is 2.